The molecule has 0 aromatic rings. The molecule has 10 nitrogen and oxygen atoms in total. The fourth-order valence-electron chi connectivity index (χ4n) is 0.856. The molecule has 0 radical (unpaired) electrons. The van der Waals surface area contributed by atoms with E-state index in [0.717, 1.165) is 27.7 Å². The minimum Gasteiger partial charge on any atom is -0.382 e. The van der Waals surface area contributed by atoms with E-state index in [-0.39, 0.29) is 0 Å². The van der Waals surface area contributed by atoms with Crippen LogP contribution in [0.5, 0.6) is 0 Å². The molecule has 0 aromatic heterocycles. The first-order valence-corrected chi connectivity index (χ1v) is 9.11. The van der Waals surface area contributed by atoms with Crippen LogP contribution in [0.15, 0.2) is 0 Å². The molecule has 0 atom stereocenters. The summed E-state index contributed by atoms with van der Waals surface area (Å²) in [5, 5.41) is 0. The second-order valence-electron chi connectivity index (χ2n) is 3.31. The van der Waals surface area contributed by atoms with E-state index in [1.54, 1.807) is 0 Å². The van der Waals surface area contributed by atoms with E-state index in [1.807, 2.05) is 0 Å². The summed E-state index contributed by atoms with van der Waals surface area (Å²) in [4.78, 5) is 43.6. The minimum absolute atomic E-state index is 0.848. The van der Waals surface area contributed by atoms with Crippen LogP contribution >= 0.6 is 14.5 Å². The lowest BCUT2D eigenvalue weighted by Crippen LogP contribution is -2.10. The van der Waals surface area contributed by atoms with Crippen molar-refractivity contribution < 1.29 is 46.1 Å². The second-order valence-corrected chi connectivity index (χ2v) is 7.82. The van der Waals surface area contributed by atoms with Crippen molar-refractivity contribution in [2.75, 3.05) is 0 Å². The molecule has 0 amide bonds. The molecule has 21 heavy (non-hydrogen) atoms. The molecule has 0 heterocycles. The van der Waals surface area contributed by atoms with Gasteiger partial charge in [-0.1, -0.05) is 0 Å². The second kappa shape index (κ2) is 7.65. The lowest BCUT2D eigenvalue weighted by Gasteiger charge is -2.22. The molecule has 0 spiro atoms. The van der Waals surface area contributed by atoms with Gasteiger partial charge in [-0.3, -0.25) is 19.2 Å². The van der Waals surface area contributed by atoms with E-state index in [2.05, 4.69) is 34.2 Å². The molecular weight excluding hydrogens is 350 g/mol. The Hall–Kier alpha value is -1.28. The largest absolute Gasteiger partial charge is 0.600 e. The summed E-state index contributed by atoms with van der Waals surface area (Å²) < 4.78 is 34.1. The summed E-state index contributed by atoms with van der Waals surface area (Å²) in [6, 6.07) is 0. The summed E-state index contributed by atoms with van der Waals surface area (Å²) in [5.74, 6) is -4.30. The van der Waals surface area contributed by atoms with Gasteiger partial charge in [0.25, 0.3) is 0 Å². The van der Waals surface area contributed by atoms with Crippen molar-refractivity contribution in [1.82, 2.24) is 0 Å². The van der Waals surface area contributed by atoms with E-state index in [9.17, 15) is 23.7 Å². The predicted octanol–water partition coefficient (Wildman–Crippen LogP) is 1.59. The summed E-state index contributed by atoms with van der Waals surface area (Å²) in [7, 11) is -4.87. The van der Waals surface area contributed by atoms with Gasteiger partial charge in [0.1, 0.15) is 0 Å². The summed E-state index contributed by atoms with van der Waals surface area (Å²) in [5.41, 5.74) is 0. The molecule has 0 unspecified atom stereocenters. The Balaban J connectivity index is 5.48. The van der Waals surface area contributed by atoms with Crippen molar-refractivity contribution in [3.8, 4) is 0 Å². The zero-order valence-corrected chi connectivity index (χ0v) is 14.0. The molecule has 13 heteroatoms. The topological polar surface area (TPSA) is 132 Å². The van der Waals surface area contributed by atoms with Crippen LogP contribution in [0.4, 0.5) is 0 Å². The van der Waals surface area contributed by atoms with Gasteiger partial charge < -0.3 is 18.1 Å². The first-order chi connectivity index (χ1) is 9.37. The van der Waals surface area contributed by atoms with Crippen molar-refractivity contribution in [2.45, 2.75) is 27.7 Å². The maximum atomic E-state index is 12.1. The maximum Gasteiger partial charge on any atom is 0.600 e. The maximum absolute atomic E-state index is 12.1. The van der Waals surface area contributed by atoms with Gasteiger partial charge in [0.2, 0.25) is 0 Å². The first kappa shape index (κ1) is 19.7. The fraction of sp³-hybridized carbons (Fsp3) is 0.500. The summed E-state index contributed by atoms with van der Waals surface area (Å²) in [6.07, 6.45) is 0. The van der Waals surface area contributed by atoms with Crippen LogP contribution in [0, 0.1) is 0 Å². The number of phosphoric acid groups is 1. The van der Waals surface area contributed by atoms with Crippen LogP contribution < -0.4 is 0 Å². The zero-order chi connectivity index (χ0) is 16.8. The Morgan fingerprint density at radius 2 is 1.00 bits per heavy atom. The standard InChI is InChI=1S/C8H12O10P2S/c1-5(9)14-19(13,15-6(2)10)18-20(21,16-7(3)11)17-8(4)12/h1-4H3. The molecule has 0 aromatic carbocycles. The van der Waals surface area contributed by atoms with Crippen LogP contribution in [0.1, 0.15) is 27.7 Å². The zero-order valence-electron chi connectivity index (χ0n) is 11.4. The van der Waals surface area contributed by atoms with E-state index >= 15 is 0 Å². The highest BCUT2D eigenvalue weighted by Gasteiger charge is 2.44. The molecule has 0 aliphatic heterocycles. The monoisotopic (exact) mass is 362 g/mol. The van der Waals surface area contributed by atoms with E-state index in [4.69, 9.17) is 0 Å². The smallest absolute Gasteiger partial charge is 0.382 e. The highest BCUT2D eigenvalue weighted by Crippen LogP contribution is 2.66. The quantitative estimate of drug-likeness (QED) is 0.638. The van der Waals surface area contributed by atoms with E-state index < -0.39 is 38.4 Å². The van der Waals surface area contributed by atoms with Crippen molar-refractivity contribution in [2.24, 2.45) is 0 Å². The van der Waals surface area contributed by atoms with E-state index in [0.29, 0.717) is 0 Å². The van der Waals surface area contributed by atoms with Crippen molar-refractivity contribution in [3.05, 3.63) is 0 Å². The van der Waals surface area contributed by atoms with Gasteiger partial charge >= 0.3 is 38.4 Å². The average molecular weight is 362 g/mol. The molecule has 0 N–H and O–H groups in total. The van der Waals surface area contributed by atoms with Crippen LogP contribution in [0.2, 0.25) is 0 Å². The van der Waals surface area contributed by atoms with Gasteiger partial charge in [0, 0.05) is 39.5 Å². The summed E-state index contributed by atoms with van der Waals surface area (Å²) >= 11 is 4.66. The highest BCUT2D eigenvalue weighted by molar-refractivity contribution is 8.09. The van der Waals surface area contributed by atoms with Crippen LogP contribution in [0.3, 0.4) is 0 Å². The normalized spacial score (nSPS) is 11.2. The average Bonchev–Trinajstić information content (AvgIpc) is 2.07. The Bertz CT molecular complexity index is 467. The Kier molecular flexibility index (Phi) is 7.18. The van der Waals surface area contributed by atoms with Gasteiger partial charge in [-0.05, 0) is 0 Å². The van der Waals surface area contributed by atoms with Crippen LogP contribution in [0.25, 0.3) is 0 Å². The number of rotatable bonds is 6. The Labute approximate surface area is 124 Å². The van der Waals surface area contributed by atoms with Gasteiger partial charge in [-0.15, -0.1) is 0 Å². The number of phosphoric ester groups is 1. The number of hydrogen-bond acceptors (Lipinski definition) is 11. The van der Waals surface area contributed by atoms with Gasteiger partial charge in [-0.2, -0.15) is 4.31 Å². The van der Waals surface area contributed by atoms with Crippen molar-refractivity contribution in [3.63, 3.8) is 0 Å². The molecule has 0 bridgehead atoms. The van der Waals surface area contributed by atoms with E-state index in [1.165, 1.54) is 0 Å². The van der Waals surface area contributed by atoms with Crippen LogP contribution in [-0.2, 0) is 58.0 Å². The third-order valence-corrected chi connectivity index (χ3v) is 5.73. The minimum atomic E-state index is -4.87. The fourth-order valence-corrected chi connectivity index (χ4v) is 5.07. The van der Waals surface area contributed by atoms with Gasteiger partial charge in [-0.25, -0.2) is 4.57 Å². The first-order valence-electron chi connectivity index (χ1n) is 5.09. The number of carbonyl (C=O) groups is 4. The SMILES string of the molecule is CC(=O)OP(=O)(OC(C)=O)OP(=S)(OC(C)=O)OC(C)=O. The van der Waals surface area contributed by atoms with Crippen molar-refractivity contribution >= 4 is 50.2 Å². The number of carbonyl (C=O) groups excluding carboxylic acids is 4. The third kappa shape index (κ3) is 8.56. The summed E-state index contributed by atoms with van der Waals surface area (Å²) in [6.45, 7) is -0.727. The highest BCUT2D eigenvalue weighted by atomic mass is 32.5. The molecule has 0 saturated heterocycles. The molecule has 0 aliphatic rings. The Morgan fingerprint density at radius 3 is 1.24 bits per heavy atom. The number of hydrogen-bond donors (Lipinski definition) is 0. The molecule has 120 valence electrons. The third-order valence-electron chi connectivity index (χ3n) is 1.16. The molecular formula is C8H12O10P2S. The molecule has 0 fully saturated rings. The van der Waals surface area contributed by atoms with Gasteiger partial charge in [0.15, 0.2) is 0 Å². The van der Waals surface area contributed by atoms with Gasteiger partial charge in [0.05, 0.1) is 0 Å². The molecule has 0 aliphatic carbocycles. The molecule has 0 rings (SSSR count). The van der Waals surface area contributed by atoms with Crippen LogP contribution in [-0.4, -0.2) is 23.9 Å². The molecule has 0 saturated carbocycles. The lowest BCUT2D eigenvalue weighted by molar-refractivity contribution is -0.137. The lowest BCUT2D eigenvalue weighted by atomic mass is 10.9. The Morgan fingerprint density at radius 1 is 0.714 bits per heavy atom. The predicted molar refractivity (Wildman–Crippen MR) is 70.0 cm³/mol. The van der Waals surface area contributed by atoms with Crippen molar-refractivity contribution in [1.29, 1.82) is 0 Å².